The molecule has 0 saturated heterocycles. The van der Waals surface area contributed by atoms with Gasteiger partial charge in [0, 0.05) is 16.3 Å². The van der Waals surface area contributed by atoms with Crippen molar-refractivity contribution in [1.82, 2.24) is 0 Å². The number of ether oxygens (including phenoxy) is 1. The van der Waals surface area contributed by atoms with Gasteiger partial charge in [-0.3, -0.25) is 9.59 Å². The molecule has 3 aromatic carbocycles. The Morgan fingerprint density at radius 1 is 0.867 bits per heavy atom. The molecular weight excluding hydrogens is 408 g/mol. The van der Waals surface area contributed by atoms with E-state index >= 15 is 0 Å². The second-order valence-corrected chi connectivity index (χ2v) is 6.62. The molecule has 8 heteroatoms. The van der Waals surface area contributed by atoms with Crippen molar-refractivity contribution in [3.05, 3.63) is 88.4 Å². The lowest BCUT2D eigenvalue weighted by Crippen LogP contribution is -2.17. The number of hydrogen-bond acceptors (Lipinski definition) is 4. The van der Waals surface area contributed by atoms with Gasteiger partial charge in [0.15, 0.2) is 0 Å². The number of carboxylic acid groups (broad SMARTS) is 1. The molecule has 0 bridgehead atoms. The molecule has 3 rings (SSSR count). The summed E-state index contributed by atoms with van der Waals surface area (Å²) in [6.45, 7) is 0. The Bertz CT molecular complexity index is 1130. The number of hydrogen-bond donors (Lipinski definition) is 3. The van der Waals surface area contributed by atoms with Crippen molar-refractivity contribution in [2.75, 3.05) is 17.7 Å². The number of amides is 2. The van der Waals surface area contributed by atoms with E-state index in [1.165, 1.54) is 31.4 Å². The van der Waals surface area contributed by atoms with Crippen LogP contribution in [-0.4, -0.2) is 30.0 Å². The zero-order valence-electron chi connectivity index (χ0n) is 15.8. The molecule has 0 unspecified atom stereocenters. The summed E-state index contributed by atoms with van der Waals surface area (Å²) in [6, 6.07) is 17.0. The third-order valence-electron chi connectivity index (χ3n) is 4.19. The third kappa shape index (κ3) is 4.76. The monoisotopic (exact) mass is 424 g/mol. The SMILES string of the molecule is COc1ccc(Cl)cc1NC(=O)c1cccc(NC(=O)c2ccccc2C(=O)O)c1. The van der Waals surface area contributed by atoms with Gasteiger partial charge in [0.1, 0.15) is 5.75 Å². The molecule has 0 fully saturated rings. The van der Waals surface area contributed by atoms with Crippen molar-refractivity contribution in [3.8, 4) is 5.75 Å². The predicted octanol–water partition coefficient (Wildman–Crippen LogP) is 4.55. The molecule has 0 aliphatic heterocycles. The predicted molar refractivity (Wildman–Crippen MR) is 114 cm³/mol. The first-order valence-corrected chi connectivity index (χ1v) is 9.15. The van der Waals surface area contributed by atoms with E-state index in [0.29, 0.717) is 22.1 Å². The van der Waals surface area contributed by atoms with E-state index in [1.807, 2.05) is 0 Å². The molecular formula is C22H17ClN2O5. The minimum Gasteiger partial charge on any atom is -0.495 e. The third-order valence-corrected chi connectivity index (χ3v) is 4.43. The van der Waals surface area contributed by atoms with E-state index in [-0.39, 0.29) is 16.7 Å². The number of aromatic carboxylic acids is 1. The van der Waals surface area contributed by atoms with Gasteiger partial charge in [-0.05, 0) is 48.5 Å². The summed E-state index contributed by atoms with van der Waals surface area (Å²) in [5.41, 5.74) is 0.924. The molecule has 0 heterocycles. The van der Waals surface area contributed by atoms with Gasteiger partial charge in [-0.15, -0.1) is 0 Å². The molecule has 0 aliphatic rings. The second-order valence-electron chi connectivity index (χ2n) is 6.18. The molecule has 0 atom stereocenters. The van der Waals surface area contributed by atoms with Crippen LogP contribution < -0.4 is 15.4 Å². The van der Waals surface area contributed by atoms with Gasteiger partial charge in [0.2, 0.25) is 0 Å². The van der Waals surface area contributed by atoms with Crippen LogP contribution in [0.1, 0.15) is 31.1 Å². The molecule has 0 saturated carbocycles. The summed E-state index contributed by atoms with van der Waals surface area (Å²) in [5.74, 6) is -1.79. The first kappa shape index (κ1) is 20.9. The molecule has 0 spiro atoms. The lowest BCUT2D eigenvalue weighted by molar-refractivity contribution is 0.0692. The van der Waals surface area contributed by atoms with Crippen LogP contribution in [0.2, 0.25) is 5.02 Å². The maximum Gasteiger partial charge on any atom is 0.336 e. The first-order valence-electron chi connectivity index (χ1n) is 8.77. The molecule has 3 aromatic rings. The van der Waals surface area contributed by atoms with Crippen molar-refractivity contribution in [3.63, 3.8) is 0 Å². The Morgan fingerprint density at radius 2 is 1.60 bits per heavy atom. The Morgan fingerprint density at radius 3 is 2.30 bits per heavy atom. The van der Waals surface area contributed by atoms with Crippen LogP contribution in [0.4, 0.5) is 11.4 Å². The summed E-state index contributed by atoms with van der Waals surface area (Å²) in [4.78, 5) is 36.5. The van der Waals surface area contributed by atoms with Crippen molar-refractivity contribution in [1.29, 1.82) is 0 Å². The van der Waals surface area contributed by atoms with Gasteiger partial charge in [0.25, 0.3) is 11.8 Å². The van der Waals surface area contributed by atoms with E-state index < -0.39 is 17.8 Å². The standard InChI is InChI=1S/C22H17ClN2O5/c1-30-19-10-9-14(23)12-18(19)25-20(26)13-5-4-6-15(11-13)24-21(27)16-7-2-3-8-17(16)22(28)29/h2-12H,1H3,(H,24,27)(H,25,26)(H,28,29). The second kappa shape index (κ2) is 9.11. The summed E-state index contributed by atoms with van der Waals surface area (Å²) in [5, 5.41) is 15.0. The first-order chi connectivity index (χ1) is 14.4. The summed E-state index contributed by atoms with van der Waals surface area (Å²) in [7, 11) is 1.48. The van der Waals surface area contributed by atoms with Crippen LogP contribution in [0.15, 0.2) is 66.7 Å². The molecule has 0 aromatic heterocycles. The van der Waals surface area contributed by atoms with Crippen molar-refractivity contribution in [2.24, 2.45) is 0 Å². The lowest BCUT2D eigenvalue weighted by atomic mass is 10.1. The number of carbonyl (C=O) groups is 3. The summed E-state index contributed by atoms with van der Waals surface area (Å²) >= 11 is 5.98. The largest absolute Gasteiger partial charge is 0.495 e. The molecule has 152 valence electrons. The van der Waals surface area contributed by atoms with Gasteiger partial charge in [-0.2, -0.15) is 0 Å². The highest BCUT2D eigenvalue weighted by Gasteiger charge is 2.17. The normalized spacial score (nSPS) is 10.2. The number of nitrogens with one attached hydrogen (secondary N) is 2. The van der Waals surface area contributed by atoms with Crippen LogP contribution in [-0.2, 0) is 0 Å². The van der Waals surface area contributed by atoms with E-state index in [0.717, 1.165) is 0 Å². The van der Waals surface area contributed by atoms with E-state index in [4.69, 9.17) is 16.3 Å². The number of carboxylic acids is 1. The fraction of sp³-hybridized carbons (Fsp3) is 0.0455. The molecule has 0 radical (unpaired) electrons. The van der Waals surface area contributed by atoms with Crippen LogP contribution in [0.3, 0.4) is 0 Å². The molecule has 0 aliphatic carbocycles. The number of benzene rings is 3. The Kier molecular flexibility index (Phi) is 6.34. The van der Waals surface area contributed by atoms with Crippen LogP contribution >= 0.6 is 11.6 Å². The topological polar surface area (TPSA) is 105 Å². The average molecular weight is 425 g/mol. The number of anilines is 2. The quantitative estimate of drug-likeness (QED) is 0.538. The minimum absolute atomic E-state index is 0.0171. The van der Waals surface area contributed by atoms with Gasteiger partial charge in [0.05, 0.1) is 23.9 Å². The fourth-order valence-corrected chi connectivity index (χ4v) is 2.95. The summed E-state index contributed by atoms with van der Waals surface area (Å²) in [6.07, 6.45) is 0. The smallest absolute Gasteiger partial charge is 0.336 e. The highest BCUT2D eigenvalue weighted by Crippen LogP contribution is 2.28. The zero-order valence-corrected chi connectivity index (χ0v) is 16.6. The zero-order chi connectivity index (χ0) is 21.7. The van der Waals surface area contributed by atoms with Crippen molar-refractivity contribution < 1.29 is 24.2 Å². The highest BCUT2D eigenvalue weighted by molar-refractivity contribution is 6.31. The van der Waals surface area contributed by atoms with Crippen LogP contribution in [0.5, 0.6) is 5.75 Å². The van der Waals surface area contributed by atoms with E-state index in [9.17, 15) is 19.5 Å². The maximum absolute atomic E-state index is 12.6. The van der Waals surface area contributed by atoms with Crippen LogP contribution in [0.25, 0.3) is 0 Å². The van der Waals surface area contributed by atoms with E-state index in [2.05, 4.69) is 10.6 Å². The van der Waals surface area contributed by atoms with Gasteiger partial charge < -0.3 is 20.5 Å². The number of rotatable bonds is 6. The molecule has 7 nitrogen and oxygen atoms in total. The molecule has 30 heavy (non-hydrogen) atoms. The Hall–Kier alpha value is -3.84. The highest BCUT2D eigenvalue weighted by atomic mass is 35.5. The van der Waals surface area contributed by atoms with Crippen molar-refractivity contribution in [2.45, 2.75) is 0 Å². The maximum atomic E-state index is 12.6. The van der Waals surface area contributed by atoms with Gasteiger partial charge in [-0.25, -0.2) is 4.79 Å². The number of carbonyl (C=O) groups excluding carboxylic acids is 2. The van der Waals surface area contributed by atoms with Crippen molar-refractivity contribution >= 4 is 40.8 Å². The molecule has 3 N–H and O–H groups in total. The van der Waals surface area contributed by atoms with Gasteiger partial charge in [-0.1, -0.05) is 29.8 Å². The minimum atomic E-state index is -1.20. The number of methoxy groups -OCH3 is 1. The van der Waals surface area contributed by atoms with E-state index in [1.54, 1.807) is 42.5 Å². The summed E-state index contributed by atoms with van der Waals surface area (Å²) < 4.78 is 5.21. The Labute approximate surface area is 177 Å². The average Bonchev–Trinajstić information content (AvgIpc) is 2.74. The fourth-order valence-electron chi connectivity index (χ4n) is 2.78. The number of halogens is 1. The Balaban J connectivity index is 1.80. The lowest BCUT2D eigenvalue weighted by Gasteiger charge is -2.12. The van der Waals surface area contributed by atoms with Crippen LogP contribution in [0, 0.1) is 0 Å². The van der Waals surface area contributed by atoms with Gasteiger partial charge >= 0.3 is 5.97 Å². The molecule has 2 amide bonds.